The second-order valence-corrected chi connectivity index (χ2v) is 4.58. The molecule has 1 rings (SSSR count). The Morgan fingerprint density at radius 1 is 1.10 bits per heavy atom. The predicted octanol–water partition coefficient (Wildman–Crippen LogP) is 2.84. The standard InChI is InChI=1S/C14H12Cl2O5/c1-2-20-13(18)5-6-14(19)21-8-12(17)10-4-3-9(15)7-11(10)16/h3-7H,2,8H2,1H3. The monoisotopic (exact) mass is 330 g/mol. The van der Waals surface area contributed by atoms with Crippen LogP contribution in [0.15, 0.2) is 30.4 Å². The van der Waals surface area contributed by atoms with Crippen LogP contribution in [0.3, 0.4) is 0 Å². The smallest absolute Gasteiger partial charge is 0.331 e. The molecule has 0 saturated heterocycles. The molecule has 0 aromatic heterocycles. The van der Waals surface area contributed by atoms with Crippen molar-refractivity contribution in [1.29, 1.82) is 0 Å². The number of hydrogen-bond acceptors (Lipinski definition) is 5. The molecule has 0 aliphatic rings. The molecule has 0 spiro atoms. The molecule has 0 atom stereocenters. The van der Waals surface area contributed by atoms with E-state index in [1.165, 1.54) is 18.2 Å². The van der Waals surface area contributed by atoms with Gasteiger partial charge in [-0.05, 0) is 25.1 Å². The van der Waals surface area contributed by atoms with Crippen LogP contribution in [0.5, 0.6) is 0 Å². The Morgan fingerprint density at radius 2 is 1.71 bits per heavy atom. The van der Waals surface area contributed by atoms with Gasteiger partial charge in [0.05, 0.1) is 11.6 Å². The van der Waals surface area contributed by atoms with Crippen LogP contribution in [0.4, 0.5) is 0 Å². The molecule has 0 N–H and O–H groups in total. The zero-order valence-corrected chi connectivity index (χ0v) is 12.6. The van der Waals surface area contributed by atoms with Gasteiger partial charge in [-0.25, -0.2) is 9.59 Å². The van der Waals surface area contributed by atoms with E-state index in [0.29, 0.717) is 5.02 Å². The fourth-order valence-electron chi connectivity index (χ4n) is 1.30. The minimum atomic E-state index is -0.832. The van der Waals surface area contributed by atoms with Gasteiger partial charge in [-0.3, -0.25) is 4.79 Å². The van der Waals surface area contributed by atoms with Gasteiger partial charge in [-0.1, -0.05) is 23.2 Å². The van der Waals surface area contributed by atoms with Crippen LogP contribution < -0.4 is 0 Å². The molecule has 112 valence electrons. The van der Waals surface area contributed by atoms with Crippen LogP contribution in [-0.2, 0) is 19.1 Å². The van der Waals surface area contributed by atoms with E-state index in [0.717, 1.165) is 12.2 Å². The van der Waals surface area contributed by atoms with Crippen LogP contribution in [-0.4, -0.2) is 30.9 Å². The lowest BCUT2D eigenvalue weighted by atomic mass is 10.1. The van der Waals surface area contributed by atoms with Crippen molar-refractivity contribution in [3.05, 3.63) is 46.0 Å². The molecular formula is C14H12Cl2O5. The number of benzene rings is 1. The summed E-state index contributed by atoms with van der Waals surface area (Å²) in [5, 5.41) is 0.566. The maximum absolute atomic E-state index is 11.8. The highest BCUT2D eigenvalue weighted by Crippen LogP contribution is 2.21. The van der Waals surface area contributed by atoms with Crippen molar-refractivity contribution in [2.24, 2.45) is 0 Å². The van der Waals surface area contributed by atoms with Crippen molar-refractivity contribution < 1.29 is 23.9 Å². The average Bonchev–Trinajstić information content (AvgIpc) is 2.43. The second kappa shape index (κ2) is 8.44. The van der Waals surface area contributed by atoms with Crippen LogP contribution in [0, 0.1) is 0 Å². The number of ketones is 1. The first kappa shape index (κ1) is 17.2. The quantitative estimate of drug-likeness (QED) is 0.455. The number of carbonyl (C=O) groups excluding carboxylic acids is 3. The summed E-state index contributed by atoms with van der Waals surface area (Å²) in [4.78, 5) is 34.1. The van der Waals surface area contributed by atoms with Gasteiger partial charge in [0.15, 0.2) is 6.61 Å². The molecule has 0 bridgehead atoms. The summed E-state index contributed by atoms with van der Waals surface area (Å²) in [6.07, 6.45) is 1.81. The summed E-state index contributed by atoms with van der Waals surface area (Å²) in [5.41, 5.74) is 0.197. The topological polar surface area (TPSA) is 69.7 Å². The number of carbonyl (C=O) groups is 3. The van der Waals surface area contributed by atoms with Gasteiger partial charge in [0.2, 0.25) is 5.78 Å². The Kier molecular flexibility index (Phi) is 6.91. The largest absolute Gasteiger partial charge is 0.463 e. The van der Waals surface area contributed by atoms with E-state index in [9.17, 15) is 14.4 Å². The lowest BCUT2D eigenvalue weighted by Crippen LogP contribution is -2.13. The predicted molar refractivity (Wildman–Crippen MR) is 77.5 cm³/mol. The van der Waals surface area contributed by atoms with Crippen molar-refractivity contribution in [3.63, 3.8) is 0 Å². The molecule has 1 aromatic rings. The SMILES string of the molecule is CCOC(=O)C=CC(=O)OCC(=O)c1ccc(Cl)cc1Cl. The third-order valence-electron chi connectivity index (χ3n) is 2.22. The van der Waals surface area contributed by atoms with E-state index in [4.69, 9.17) is 27.9 Å². The van der Waals surface area contributed by atoms with Gasteiger partial charge in [-0.2, -0.15) is 0 Å². The summed E-state index contributed by atoms with van der Waals surface area (Å²) in [6.45, 7) is 1.34. The average molecular weight is 331 g/mol. The maximum atomic E-state index is 11.8. The van der Waals surface area contributed by atoms with E-state index >= 15 is 0 Å². The van der Waals surface area contributed by atoms with Crippen molar-refractivity contribution in [2.45, 2.75) is 6.92 Å². The van der Waals surface area contributed by atoms with Crippen molar-refractivity contribution in [1.82, 2.24) is 0 Å². The Hall–Kier alpha value is -1.85. The highest BCUT2D eigenvalue weighted by atomic mass is 35.5. The van der Waals surface area contributed by atoms with Crippen LogP contribution >= 0.6 is 23.2 Å². The fourth-order valence-corrected chi connectivity index (χ4v) is 1.82. The summed E-state index contributed by atoms with van der Waals surface area (Å²) < 4.78 is 9.28. The van der Waals surface area contributed by atoms with E-state index in [2.05, 4.69) is 4.74 Å². The first-order valence-electron chi connectivity index (χ1n) is 5.94. The molecule has 0 fully saturated rings. The molecule has 0 amide bonds. The lowest BCUT2D eigenvalue weighted by Gasteiger charge is -2.04. The second-order valence-electron chi connectivity index (χ2n) is 3.74. The normalized spacial score (nSPS) is 10.4. The third-order valence-corrected chi connectivity index (χ3v) is 2.77. The number of halogens is 2. The van der Waals surface area contributed by atoms with Crippen molar-refractivity contribution in [3.8, 4) is 0 Å². The van der Waals surface area contributed by atoms with Gasteiger partial charge in [0, 0.05) is 22.7 Å². The van der Waals surface area contributed by atoms with Crippen LogP contribution in [0.2, 0.25) is 10.0 Å². The molecule has 21 heavy (non-hydrogen) atoms. The Morgan fingerprint density at radius 3 is 2.29 bits per heavy atom. The highest BCUT2D eigenvalue weighted by molar-refractivity contribution is 6.36. The Bertz CT molecular complexity index is 581. The molecule has 0 unspecified atom stereocenters. The number of rotatable bonds is 6. The number of hydrogen-bond donors (Lipinski definition) is 0. The van der Waals surface area contributed by atoms with Crippen molar-refractivity contribution >= 4 is 40.9 Å². The van der Waals surface area contributed by atoms with Gasteiger partial charge in [-0.15, -0.1) is 0 Å². The molecule has 0 aliphatic heterocycles. The Labute approximate surface area is 131 Å². The van der Waals surface area contributed by atoms with Gasteiger partial charge in [0.1, 0.15) is 0 Å². The Balaban J connectivity index is 2.53. The molecule has 1 aromatic carbocycles. The maximum Gasteiger partial charge on any atom is 0.331 e. The molecule has 5 nitrogen and oxygen atoms in total. The zero-order chi connectivity index (χ0) is 15.8. The number of esters is 2. The van der Waals surface area contributed by atoms with E-state index in [-0.39, 0.29) is 17.2 Å². The zero-order valence-electron chi connectivity index (χ0n) is 11.1. The molecule has 0 heterocycles. The summed E-state index contributed by atoms with van der Waals surface area (Å²) in [6, 6.07) is 4.36. The van der Waals surface area contributed by atoms with Gasteiger partial charge >= 0.3 is 11.9 Å². The van der Waals surface area contributed by atoms with E-state index in [1.54, 1.807) is 6.92 Å². The van der Waals surface area contributed by atoms with Crippen LogP contribution in [0.25, 0.3) is 0 Å². The minimum absolute atomic E-state index is 0.172. The molecule has 0 aliphatic carbocycles. The van der Waals surface area contributed by atoms with E-state index in [1.807, 2.05) is 0 Å². The first-order valence-corrected chi connectivity index (χ1v) is 6.69. The number of Topliss-reactive ketones (excluding diaryl/α,β-unsaturated/α-hetero) is 1. The molecule has 7 heteroatoms. The van der Waals surface area contributed by atoms with Gasteiger partial charge < -0.3 is 9.47 Å². The summed E-state index contributed by atoms with van der Waals surface area (Å²) in [5.74, 6) is -1.97. The fraction of sp³-hybridized carbons (Fsp3) is 0.214. The van der Waals surface area contributed by atoms with Gasteiger partial charge in [0.25, 0.3) is 0 Å². The molecular weight excluding hydrogens is 319 g/mol. The van der Waals surface area contributed by atoms with E-state index < -0.39 is 24.3 Å². The molecule has 0 saturated carbocycles. The summed E-state index contributed by atoms with van der Waals surface area (Å²) in [7, 11) is 0. The van der Waals surface area contributed by atoms with Crippen LogP contribution in [0.1, 0.15) is 17.3 Å². The van der Waals surface area contributed by atoms with Crippen molar-refractivity contribution in [2.75, 3.05) is 13.2 Å². The first-order chi connectivity index (χ1) is 9.93. The highest BCUT2D eigenvalue weighted by Gasteiger charge is 2.12. The minimum Gasteiger partial charge on any atom is -0.463 e. The molecule has 0 radical (unpaired) electrons. The lowest BCUT2D eigenvalue weighted by molar-refractivity contribution is -0.139. The third kappa shape index (κ3) is 5.97. The summed E-state index contributed by atoms with van der Waals surface area (Å²) >= 11 is 11.6. The number of ether oxygens (including phenoxy) is 2.